The summed E-state index contributed by atoms with van der Waals surface area (Å²) in [6.07, 6.45) is 3.25. The summed E-state index contributed by atoms with van der Waals surface area (Å²) in [5.74, 6) is 1.07. The third-order valence-corrected chi connectivity index (χ3v) is 3.13. The Hall–Kier alpha value is -1.02. The van der Waals surface area contributed by atoms with Crippen LogP contribution in [0.15, 0.2) is 18.2 Å². The Morgan fingerprint density at radius 2 is 2.27 bits per heavy atom. The number of rotatable bonds is 4. The molecule has 0 amide bonds. The van der Waals surface area contributed by atoms with Gasteiger partial charge < -0.3 is 9.53 Å². The molecule has 0 spiro atoms. The van der Waals surface area contributed by atoms with Gasteiger partial charge in [0.15, 0.2) is 0 Å². The van der Waals surface area contributed by atoms with Crippen LogP contribution in [0.5, 0.6) is 5.75 Å². The van der Waals surface area contributed by atoms with Crippen molar-refractivity contribution in [2.75, 3.05) is 7.11 Å². The van der Waals surface area contributed by atoms with E-state index in [0.29, 0.717) is 16.7 Å². The van der Waals surface area contributed by atoms with E-state index in [2.05, 4.69) is 0 Å². The first-order chi connectivity index (χ1) is 7.27. The van der Waals surface area contributed by atoms with Gasteiger partial charge in [-0.3, -0.25) is 0 Å². The highest BCUT2D eigenvalue weighted by Crippen LogP contribution is 2.45. The third kappa shape index (κ3) is 2.00. The number of ether oxygens (including phenoxy) is 1. The molecule has 1 saturated carbocycles. The molecule has 1 aliphatic rings. The van der Waals surface area contributed by atoms with Crippen LogP contribution in [0, 0.1) is 5.92 Å². The summed E-state index contributed by atoms with van der Waals surface area (Å²) >= 11 is 6.01. The van der Waals surface area contributed by atoms with Gasteiger partial charge in [-0.15, -0.1) is 0 Å². The van der Waals surface area contributed by atoms with Crippen LogP contribution < -0.4 is 4.74 Å². The SMILES string of the molecule is COc1c(Cl)cccc1C(C=O)C1CC1. The molecule has 1 aromatic rings. The number of carbonyl (C=O) groups excluding carboxylic acids is 1. The lowest BCUT2D eigenvalue weighted by Crippen LogP contribution is -2.05. The number of aldehydes is 1. The first kappa shape index (κ1) is 10.5. The highest BCUT2D eigenvalue weighted by Gasteiger charge is 2.34. The van der Waals surface area contributed by atoms with Crippen molar-refractivity contribution in [2.24, 2.45) is 5.92 Å². The fraction of sp³-hybridized carbons (Fsp3) is 0.417. The molecule has 1 aliphatic carbocycles. The largest absolute Gasteiger partial charge is 0.495 e. The number of hydrogen-bond donors (Lipinski definition) is 0. The molecule has 0 N–H and O–H groups in total. The number of hydrogen-bond acceptors (Lipinski definition) is 2. The molecule has 0 heterocycles. The van der Waals surface area contributed by atoms with Crippen LogP contribution in [0.1, 0.15) is 24.3 Å². The van der Waals surface area contributed by atoms with Crippen molar-refractivity contribution >= 4 is 17.9 Å². The van der Waals surface area contributed by atoms with Gasteiger partial charge in [0.2, 0.25) is 0 Å². The van der Waals surface area contributed by atoms with Gasteiger partial charge in [-0.25, -0.2) is 0 Å². The third-order valence-electron chi connectivity index (χ3n) is 2.84. The summed E-state index contributed by atoms with van der Waals surface area (Å²) in [6, 6.07) is 5.56. The Kier molecular flexibility index (Phi) is 2.96. The molecule has 1 atom stereocenters. The molecule has 1 fully saturated rings. The normalized spacial score (nSPS) is 17.2. The molecule has 15 heavy (non-hydrogen) atoms. The van der Waals surface area contributed by atoms with Crippen molar-refractivity contribution in [3.63, 3.8) is 0 Å². The molecule has 0 aromatic heterocycles. The number of halogens is 1. The van der Waals surface area contributed by atoms with Crippen molar-refractivity contribution in [1.82, 2.24) is 0 Å². The lowest BCUT2D eigenvalue weighted by atomic mass is 9.95. The fourth-order valence-corrected chi connectivity index (χ4v) is 2.16. The summed E-state index contributed by atoms with van der Waals surface area (Å²) in [7, 11) is 1.58. The van der Waals surface area contributed by atoms with E-state index in [1.165, 1.54) is 0 Å². The first-order valence-corrected chi connectivity index (χ1v) is 5.43. The lowest BCUT2D eigenvalue weighted by molar-refractivity contribution is -0.109. The van der Waals surface area contributed by atoms with Crippen molar-refractivity contribution in [3.05, 3.63) is 28.8 Å². The van der Waals surface area contributed by atoms with Crippen molar-refractivity contribution in [3.8, 4) is 5.75 Å². The average molecular weight is 225 g/mol. The summed E-state index contributed by atoms with van der Waals surface area (Å²) in [5.41, 5.74) is 0.919. The van der Waals surface area contributed by atoms with E-state index in [1.54, 1.807) is 13.2 Å². The van der Waals surface area contributed by atoms with E-state index in [9.17, 15) is 4.79 Å². The lowest BCUT2D eigenvalue weighted by Gasteiger charge is -2.14. The van der Waals surface area contributed by atoms with Gasteiger partial charge >= 0.3 is 0 Å². The van der Waals surface area contributed by atoms with Crippen LogP contribution >= 0.6 is 11.6 Å². The molecule has 0 aliphatic heterocycles. The van der Waals surface area contributed by atoms with Gasteiger partial charge in [-0.2, -0.15) is 0 Å². The van der Waals surface area contributed by atoms with Crippen LogP contribution in [0.3, 0.4) is 0 Å². The smallest absolute Gasteiger partial charge is 0.141 e. The fourth-order valence-electron chi connectivity index (χ4n) is 1.90. The molecule has 3 heteroatoms. The van der Waals surface area contributed by atoms with E-state index >= 15 is 0 Å². The molecular weight excluding hydrogens is 212 g/mol. The van der Waals surface area contributed by atoms with Gasteiger partial charge in [0, 0.05) is 11.5 Å². The van der Waals surface area contributed by atoms with Crippen LogP contribution in [-0.2, 0) is 4.79 Å². The highest BCUT2D eigenvalue weighted by molar-refractivity contribution is 6.32. The molecule has 1 unspecified atom stereocenters. The van der Waals surface area contributed by atoms with Crippen molar-refractivity contribution in [2.45, 2.75) is 18.8 Å². The maximum atomic E-state index is 11.1. The highest BCUT2D eigenvalue weighted by atomic mass is 35.5. The summed E-state index contributed by atoms with van der Waals surface area (Å²) in [6.45, 7) is 0. The standard InChI is InChI=1S/C12H13ClO2/c1-15-12-9(3-2-4-11(12)13)10(7-14)8-5-6-8/h2-4,7-8,10H,5-6H2,1H3. The first-order valence-electron chi connectivity index (χ1n) is 5.05. The van der Waals surface area contributed by atoms with Gasteiger partial charge in [0.05, 0.1) is 12.1 Å². The second-order valence-corrected chi connectivity index (χ2v) is 4.27. The number of para-hydroxylation sites is 1. The topological polar surface area (TPSA) is 26.3 Å². The zero-order valence-electron chi connectivity index (χ0n) is 8.57. The van der Waals surface area contributed by atoms with Crippen LogP contribution in [0.4, 0.5) is 0 Å². The monoisotopic (exact) mass is 224 g/mol. The van der Waals surface area contributed by atoms with E-state index in [4.69, 9.17) is 16.3 Å². The summed E-state index contributed by atoms with van der Waals surface area (Å²) in [5, 5.41) is 0.572. The molecule has 0 bridgehead atoms. The quantitative estimate of drug-likeness (QED) is 0.735. The van der Waals surface area contributed by atoms with E-state index in [-0.39, 0.29) is 5.92 Å². The minimum absolute atomic E-state index is 0.0568. The second-order valence-electron chi connectivity index (χ2n) is 3.86. The molecule has 2 nitrogen and oxygen atoms in total. The molecule has 0 saturated heterocycles. The van der Waals surface area contributed by atoms with Crippen molar-refractivity contribution in [1.29, 1.82) is 0 Å². The van der Waals surface area contributed by atoms with Gasteiger partial charge in [0.1, 0.15) is 12.0 Å². The van der Waals surface area contributed by atoms with Gasteiger partial charge in [-0.1, -0.05) is 23.7 Å². The Bertz CT molecular complexity index is 372. The Morgan fingerprint density at radius 3 is 2.80 bits per heavy atom. The van der Waals surface area contributed by atoms with E-state index < -0.39 is 0 Å². The van der Waals surface area contributed by atoms with Gasteiger partial charge in [-0.05, 0) is 24.8 Å². The minimum Gasteiger partial charge on any atom is -0.495 e. The number of methoxy groups -OCH3 is 1. The van der Waals surface area contributed by atoms with E-state index in [0.717, 1.165) is 24.7 Å². The molecular formula is C12H13ClO2. The van der Waals surface area contributed by atoms with Crippen LogP contribution in [0.25, 0.3) is 0 Å². The Morgan fingerprint density at radius 1 is 1.53 bits per heavy atom. The maximum Gasteiger partial charge on any atom is 0.141 e. The summed E-state index contributed by atoms with van der Waals surface area (Å²) in [4.78, 5) is 11.1. The molecule has 80 valence electrons. The zero-order chi connectivity index (χ0) is 10.8. The predicted molar refractivity (Wildman–Crippen MR) is 59.5 cm³/mol. The molecule has 0 radical (unpaired) electrons. The maximum absolute atomic E-state index is 11.1. The Labute approximate surface area is 94.2 Å². The molecule has 1 aromatic carbocycles. The van der Waals surface area contributed by atoms with Gasteiger partial charge in [0.25, 0.3) is 0 Å². The van der Waals surface area contributed by atoms with E-state index in [1.807, 2.05) is 12.1 Å². The molecule has 2 rings (SSSR count). The second kappa shape index (κ2) is 4.23. The predicted octanol–water partition coefficient (Wildman–Crippen LogP) is 3.04. The zero-order valence-corrected chi connectivity index (χ0v) is 9.33. The van der Waals surface area contributed by atoms with Crippen LogP contribution in [0.2, 0.25) is 5.02 Å². The number of carbonyl (C=O) groups is 1. The number of benzene rings is 1. The summed E-state index contributed by atoms with van der Waals surface area (Å²) < 4.78 is 5.25. The van der Waals surface area contributed by atoms with Crippen LogP contribution in [-0.4, -0.2) is 13.4 Å². The average Bonchev–Trinajstić information content (AvgIpc) is 3.04. The Balaban J connectivity index is 2.40. The minimum atomic E-state index is -0.0568. The van der Waals surface area contributed by atoms with Crippen molar-refractivity contribution < 1.29 is 9.53 Å².